The van der Waals surface area contributed by atoms with Crippen molar-refractivity contribution >= 4 is 5.78 Å². The molecule has 3 saturated carbocycles. The number of methoxy groups -OCH3 is 1. The lowest BCUT2D eigenvalue weighted by Crippen LogP contribution is -2.41. The maximum atomic E-state index is 13.5. The molecule has 3 aliphatic rings. The topological polar surface area (TPSA) is 82.8 Å². The molecule has 1 aromatic heterocycles. The first-order valence-electron chi connectivity index (χ1n) is 14.7. The Balaban J connectivity index is 1.28. The smallest absolute Gasteiger partial charge is 0.232 e. The lowest BCUT2D eigenvalue weighted by molar-refractivity contribution is -0.128. The van der Waals surface area contributed by atoms with E-state index in [2.05, 4.69) is 18.9 Å². The number of hydrogen-bond acceptors (Lipinski definition) is 6. The van der Waals surface area contributed by atoms with E-state index < -0.39 is 5.60 Å². The summed E-state index contributed by atoms with van der Waals surface area (Å²) in [5.41, 5.74) is -0.381. The van der Waals surface area contributed by atoms with Crippen molar-refractivity contribution in [2.75, 3.05) is 33.5 Å². The van der Waals surface area contributed by atoms with Gasteiger partial charge in [0.1, 0.15) is 6.61 Å². The largest absolute Gasteiger partial charge is 0.474 e. The van der Waals surface area contributed by atoms with Gasteiger partial charge < -0.3 is 19.3 Å². The number of ketones is 1. The van der Waals surface area contributed by atoms with Gasteiger partial charge in [0, 0.05) is 25.3 Å². The van der Waals surface area contributed by atoms with Crippen LogP contribution in [0.1, 0.15) is 85.0 Å². The third-order valence-electron chi connectivity index (χ3n) is 10.1. The van der Waals surface area contributed by atoms with Crippen molar-refractivity contribution in [2.45, 2.75) is 97.1 Å². The third kappa shape index (κ3) is 7.15. The molecule has 0 amide bonds. The van der Waals surface area contributed by atoms with Crippen LogP contribution in [0.2, 0.25) is 0 Å². The van der Waals surface area contributed by atoms with Crippen molar-refractivity contribution in [1.29, 1.82) is 0 Å². The van der Waals surface area contributed by atoms with Crippen molar-refractivity contribution in [3.05, 3.63) is 12.3 Å². The number of ether oxygens (including phenoxy) is 3. The second kappa shape index (κ2) is 12.6. The molecule has 1 heterocycles. The number of hydrogen-bond donors (Lipinski definition) is 1. The lowest BCUT2D eigenvalue weighted by Gasteiger charge is -2.46. The summed E-state index contributed by atoms with van der Waals surface area (Å²) in [6, 6.07) is 1.82. The molecule has 37 heavy (non-hydrogen) atoms. The number of nitrogens with zero attached hydrogens (tertiary/aromatic N) is 2. The number of fused-ring (bicyclic) bond motifs is 1. The summed E-state index contributed by atoms with van der Waals surface area (Å²) in [5.74, 6) is 3.67. The number of aromatic nitrogens is 2. The van der Waals surface area contributed by atoms with E-state index in [1.54, 1.807) is 11.8 Å². The molecule has 3 aliphatic carbocycles. The summed E-state index contributed by atoms with van der Waals surface area (Å²) in [5, 5.41) is 15.1. The van der Waals surface area contributed by atoms with Gasteiger partial charge in [0.2, 0.25) is 5.88 Å². The molecular weight excluding hydrogens is 468 g/mol. The maximum absolute atomic E-state index is 13.5. The van der Waals surface area contributed by atoms with Crippen molar-refractivity contribution in [1.82, 2.24) is 9.78 Å². The minimum absolute atomic E-state index is 0.107. The number of rotatable bonds is 13. The number of aliphatic hydroxyl groups is 1. The van der Waals surface area contributed by atoms with Crippen LogP contribution in [-0.2, 0) is 20.8 Å². The zero-order chi connectivity index (χ0) is 26.5. The highest BCUT2D eigenvalue weighted by molar-refractivity contribution is 5.82. The van der Waals surface area contributed by atoms with Crippen LogP contribution in [0.5, 0.6) is 5.88 Å². The van der Waals surface area contributed by atoms with Crippen LogP contribution in [0.3, 0.4) is 0 Å². The molecule has 210 valence electrons. The predicted octanol–water partition coefficient (Wildman–Crippen LogP) is 5.29. The van der Waals surface area contributed by atoms with Crippen molar-refractivity contribution in [2.24, 2.45) is 35.0 Å². The highest BCUT2D eigenvalue weighted by Gasteiger charge is 2.53. The first kappa shape index (κ1) is 28.6. The highest BCUT2D eigenvalue weighted by atomic mass is 16.5. The summed E-state index contributed by atoms with van der Waals surface area (Å²) in [6.45, 7) is 9.14. The molecule has 3 fully saturated rings. The van der Waals surface area contributed by atoms with Gasteiger partial charge in [0.25, 0.3) is 0 Å². The van der Waals surface area contributed by atoms with E-state index in [4.69, 9.17) is 14.2 Å². The Hall–Kier alpha value is -1.44. The van der Waals surface area contributed by atoms with E-state index in [-0.39, 0.29) is 11.3 Å². The Morgan fingerprint density at radius 2 is 1.86 bits per heavy atom. The van der Waals surface area contributed by atoms with Crippen molar-refractivity contribution in [3.63, 3.8) is 0 Å². The van der Waals surface area contributed by atoms with Crippen LogP contribution < -0.4 is 4.74 Å². The fourth-order valence-corrected chi connectivity index (χ4v) is 7.90. The molecule has 0 radical (unpaired) electrons. The SMILES string of the molecule is COCCOCCOc1ccn(CC(=O)[C@H]2CC[C@H]3[C@H](CC[C@@H]4C[C@](C)(O)CC[C@@H]4C)CCC[C@]23C)n1. The molecule has 0 aromatic carbocycles. The van der Waals surface area contributed by atoms with E-state index in [9.17, 15) is 9.90 Å². The zero-order valence-electron chi connectivity index (χ0n) is 23.6. The fourth-order valence-electron chi connectivity index (χ4n) is 7.90. The molecule has 7 heteroatoms. The summed E-state index contributed by atoms with van der Waals surface area (Å²) < 4.78 is 17.8. The van der Waals surface area contributed by atoms with Gasteiger partial charge >= 0.3 is 0 Å². The average Bonchev–Trinajstić information content (AvgIpc) is 3.45. The molecule has 7 nitrogen and oxygen atoms in total. The van der Waals surface area contributed by atoms with Crippen LogP contribution >= 0.6 is 0 Å². The van der Waals surface area contributed by atoms with E-state index in [0.717, 1.165) is 32.1 Å². The third-order valence-corrected chi connectivity index (χ3v) is 10.1. The Morgan fingerprint density at radius 3 is 2.68 bits per heavy atom. The molecule has 0 spiro atoms. The molecule has 0 saturated heterocycles. The van der Waals surface area contributed by atoms with Crippen molar-refractivity contribution in [3.8, 4) is 5.88 Å². The Kier molecular flexibility index (Phi) is 9.73. The molecule has 4 rings (SSSR count). The van der Waals surface area contributed by atoms with E-state index in [1.807, 2.05) is 19.2 Å². The minimum atomic E-state index is -0.488. The quantitative estimate of drug-likeness (QED) is 0.357. The van der Waals surface area contributed by atoms with Gasteiger partial charge in [-0.2, -0.15) is 0 Å². The van der Waals surface area contributed by atoms with Gasteiger partial charge in [-0.15, -0.1) is 5.10 Å². The predicted molar refractivity (Wildman–Crippen MR) is 143 cm³/mol. The first-order chi connectivity index (χ1) is 17.7. The molecule has 0 bridgehead atoms. The Morgan fingerprint density at radius 1 is 1.08 bits per heavy atom. The standard InChI is InChI=1S/C30H50N2O5/c1-22-11-14-29(2,34)20-24(22)8-7-23-6-5-13-30(3)25(23)9-10-26(30)27(33)21-32-15-12-28(31-32)37-19-18-36-17-16-35-4/h12,15,22-26,34H,5-11,13-14,16-21H2,1-4H3/t22-,23-,24+,25-,26+,29+,30-/m0/s1. The first-order valence-corrected chi connectivity index (χ1v) is 14.7. The second-order valence-corrected chi connectivity index (χ2v) is 12.7. The van der Waals surface area contributed by atoms with Crippen LogP contribution in [0.25, 0.3) is 0 Å². The van der Waals surface area contributed by atoms with Crippen LogP contribution in [0.4, 0.5) is 0 Å². The van der Waals surface area contributed by atoms with Crippen molar-refractivity contribution < 1.29 is 24.1 Å². The lowest BCUT2D eigenvalue weighted by atomic mass is 9.59. The van der Waals surface area contributed by atoms with E-state index in [1.165, 1.54) is 32.1 Å². The van der Waals surface area contributed by atoms with Gasteiger partial charge in [0.05, 0.1) is 32.0 Å². The normalized spacial score (nSPS) is 35.9. The molecule has 0 unspecified atom stereocenters. The van der Waals surface area contributed by atoms with E-state index >= 15 is 0 Å². The van der Waals surface area contributed by atoms with Crippen LogP contribution in [-0.4, -0.2) is 59.8 Å². The highest BCUT2D eigenvalue weighted by Crippen LogP contribution is 2.59. The van der Waals surface area contributed by atoms with Gasteiger partial charge in [-0.3, -0.25) is 9.48 Å². The number of carbonyl (C=O) groups excluding carboxylic acids is 1. The van der Waals surface area contributed by atoms with Gasteiger partial charge in [-0.25, -0.2) is 0 Å². The summed E-state index contributed by atoms with van der Waals surface area (Å²) in [4.78, 5) is 13.5. The molecule has 1 N–H and O–H groups in total. The number of Topliss-reactive ketones (excluding diaryl/α,β-unsaturated/α-hetero) is 1. The summed E-state index contributed by atoms with van der Waals surface area (Å²) in [7, 11) is 1.65. The van der Waals surface area contributed by atoms with Crippen LogP contribution in [0, 0.1) is 35.0 Å². The Labute approximate surface area is 223 Å². The molecule has 1 aromatic rings. The van der Waals surface area contributed by atoms with Gasteiger partial charge in [-0.05, 0) is 87.4 Å². The minimum Gasteiger partial charge on any atom is -0.474 e. The monoisotopic (exact) mass is 518 g/mol. The van der Waals surface area contributed by atoms with E-state index in [0.29, 0.717) is 68.3 Å². The average molecular weight is 519 g/mol. The second-order valence-electron chi connectivity index (χ2n) is 12.7. The molecule has 0 aliphatic heterocycles. The molecular formula is C30H50N2O5. The fraction of sp³-hybridized carbons (Fsp3) is 0.867. The summed E-state index contributed by atoms with van der Waals surface area (Å²) in [6.07, 6.45) is 13.2. The zero-order valence-corrected chi connectivity index (χ0v) is 23.6. The van der Waals surface area contributed by atoms with Crippen LogP contribution in [0.15, 0.2) is 12.3 Å². The Bertz CT molecular complexity index is 870. The molecule has 7 atom stereocenters. The summed E-state index contributed by atoms with van der Waals surface area (Å²) >= 11 is 0. The van der Waals surface area contributed by atoms with Gasteiger partial charge in [0.15, 0.2) is 5.78 Å². The van der Waals surface area contributed by atoms with Gasteiger partial charge in [-0.1, -0.05) is 26.7 Å². The number of carbonyl (C=O) groups is 1. The maximum Gasteiger partial charge on any atom is 0.232 e.